The number of imidazole rings is 1. The van der Waals surface area contributed by atoms with Crippen LogP contribution in [0.15, 0.2) is 12.7 Å². The van der Waals surface area contributed by atoms with Crippen LogP contribution in [0.1, 0.15) is 26.2 Å². The minimum atomic E-state index is -0.0691. The minimum absolute atomic E-state index is 0. The Bertz CT molecular complexity index is 622. The van der Waals surface area contributed by atoms with Gasteiger partial charge in [-0.3, -0.25) is 4.79 Å². The number of nitrogens with two attached hydrogens (primary N) is 1. The van der Waals surface area contributed by atoms with Crippen LogP contribution in [0.4, 0.5) is 5.82 Å². The van der Waals surface area contributed by atoms with Crippen molar-refractivity contribution in [3.8, 4) is 0 Å². The molecule has 0 aliphatic carbocycles. The van der Waals surface area contributed by atoms with Gasteiger partial charge in [0.15, 0.2) is 11.5 Å². The predicted octanol–water partition coefficient (Wildman–Crippen LogP) is 1.27. The lowest BCUT2D eigenvalue weighted by molar-refractivity contribution is -0.120. The van der Waals surface area contributed by atoms with Gasteiger partial charge in [0.25, 0.3) is 0 Å². The zero-order valence-electron chi connectivity index (χ0n) is 13.9. The maximum Gasteiger partial charge on any atom is 0.239 e. The van der Waals surface area contributed by atoms with E-state index >= 15 is 0 Å². The molecule has 0 saturated carbocycles. The van der Waals surface area contributed by atoms with Crippen LogP contribution < -0.4 is 16.0 Å². The zero-order valence-corrected chi connectivity index (χ0v) is 15.5. The molecule has 1 unspecified atom stereocenters. The number of H-pyrrole nitrogens is 1. The van der Waals surface area contributed by atoms with Crippen molar-refractivity contribution in [3.63, 3.8) is 0 Å². The molecule has 4 N–H and O–H groups in total. The molecule has 0 bridgehead atoms. The Kier molecular flexibility index (Phi) is 10.3. The second-order valence-electron chi connectivity index (χ2n) is 5.30. The first-order valence-corrected chi connectivity index (χ1v) is 7.50. The third-order valence-corrected chi connectivity index (χ3v) is 3.50. The summed E-state index contributed by atoms with van der Waals surface area (Å²) in [5.74, 6) is 0.579. The van der Waals surface area contributed by atoms with Crippen molar-refractivity contribution in [2.45, 2.75) is 32.2 Å². The van der Waals surface area contributed by atoms with Crippen molar-refractivity contribution in [1.82, 2.24) is 25.3 Å². The first-order valence-electron chi connectivity index (χ1n) is 7.50. The fraction of sp³-hybridized carbons (Fsp3) is 0.571. The van der Waals surface area contributed by atoms with E-state index in [0.717, 1.165) is 24.8 Å². The number of nitrogens with one attached hydrogen (secondary N) is 2. The summed E-state index contributed by atoms with van der Waals surface area (Å²) in [6.45, 7) is 2.77. The van der Waals surface area contributed by atoms with Crippen LogP contribution >= 0.6 is 24.8 Å². The maximum absolute atomic E-state index is 12.2. The lowest BCUT2D eigenvalue weighted by Gasteiger charge is -2.21. The number of hydrogen-bond acceptors (Lipinski definition) is 6. The van der Waals surface area contributed by atoms with E-state index in [2.05, 4.69) is 32.2 Å². The van der Waals surface area contributed by atoms with Gasteiger partial charge in [-0.05, 0) is 6.42 Å². The van der Waals surface area contributed by atoms with E-state index < -0.39 is 0 Å². The van der Waals surface area contributed by atoms with Gasteiger partial charge in [0.1, 0.15) is 11.8 Å². The Hall–Kier alpha value is -1.64. The van der Waals surface area contributed by atoms with E-state index in [4.69, 9.17) is 5.73 Å². The standard InChI is InChI=1S/C14H23N7O.2ClH/c1-3-4-5-10(6-15)20-11(22)7-21(2)14-12-13(17-8-16-12)18-9-19-14;;/h8-10H,3-7,15H2,1-2H3,(H,20,22)(H,16,17,18,19);2*1H. The second-order valence-corrected chi connectivity index (χ2v) is 5.30. The molecule has 24 heavy (non-hydrogen) atoms. The van der Waals surface area contributed by atoms with Gasteiger partial charge in [0.2, 0.25) is 5.91 Å². The van der Waals surface area contributed by atoms with Gasteiger partial charge in [-0.15, -0.1) is 24.8 Å². The lowest BCUT2D eigenvalue weighted by atomic mass is 10.1. The van der Waals surface area contributed by atoms with Gasteiger partial charge >= 0.3 is 0 Å². The Labute approximate surface area is 153 Å². The molecule has 136 valence electrons. The maximum atomic E-state index is 12.2. The highest BCUT2D eigenvalue weighted by atomic mass is 35.5. The fourth-order valence-electron chi connectivity index (χ4n) is 2.30. The van der Waals surface area contributed by atoms with E-state index in [1.54, 1.807) is 11.2 Å². The molecule has 8 nitrogen and oxygen atoms in total. The lowest BCUT2D eigenvalue weighted by Crippen LogP contribution is -2.44. The van der Waals surface area contributed by atoms with Crippen molar-refractivity contribution in [1.29, 1.82) is 0 Å². The molecule has 2 aromatic heterocycles. The van der Waals surface area contributed by atoms with Crippen LogP contribution in [-0.4, -0.2) is 52.0 Å². The number of halogens is 2. The van der Waals surface area contributed by atoms with Gasteiger partial charge < -0.3 is 20.9 Å². The Morgan fingerprint density at radius 1 is 1.38 bits per heavy atom. The number of likely N-dealkylation sites (N-methyl/N-ethyl adjacent to an activating group) is 1. The highest BCUT2D eigenvalue weighted by Crippen LogP contribution is 2.17. The monoisotopic (exact) mass is 377 g/mol. The normalized spacial score (nSPS) is 11.3. The van der Waals surface area contributed by atoms with E-state index in [9.17, 15) is 4.79 Å². The number of carbonyl (C=O) groups excluding carboxylic acids is 1. The summed E-state index contributed by atoms with van der Waals surface area (Å²) in [7, 11) is 1.81. The number of rotatable bonds is 8. The summed E-state index contributed by atoms with van der Waals surface area (Å²) < 4.78 is 0. The number of hydrogen-bond donors (Lipinski definition) is 3. The van der Waals surface area contributed by atoms with Gasteiger partial charge in [-0.25, -0.2) is 15.0 Å². The molecule has 1 amide bonds. The van der Waals surface area contributed by atoms with Gasteiger partial charge in [-0.2, -0.15) is 0 Å². The zero-order chi connectivity index (χ0) is 15.9. The quantitative estimate of drug-likeness (QED) is 0.638. The van der Waals surface area contributed by atoms with Crippen molar-refractivity contribution < 1.29 is 4.79 Å². The van der Waals surface area contributed by atoms with E-state index in [1.165, 1.54) is 6.33 Å². The number of carbonyl (C=O) groups is 1. The Morgan fingerprint density at radius 3 is 2.79 bits per heavy atom. The number of anilines is 1. The number of aromatic nitrogens is 4. The SMILES string of the molecule is CCCCC(CN)NC(=O)CN(C)c1ncnc2nc[nH]c12.Cl.Cl. The summed E-state index contributed by atoms with van der Waals surface area (Å²) >= 11 is 0. The molecule has 0 fully saturated rings. The van der Waals surface area contributed by atoms with Crippen LogP contribution in [0.5, 0.6) is 0 Å². The average Bonchev–Trinajstić information content (AvgIpc) is 2.99. The van der Waals surface area contributed by atoms with Crippen molar-refractivity contribution in [2.24, 2.45) is 5.73 Å². The molecule has 0 aromatic carbocycles. The first-order chi connectivity index (χ1) is 10.7. The number of amides is 1. The average molecular weight is 378 g/mol. The molecular weight excluding hydrogens is 353 g/mol. The van der Waals surface area contributed by atoms with Gasteiger partial charge in [0.05, 0.1) is 12.9 Å². The molecule has 10 heteroatoms. The molecule has 0 spiro atoms. The number of unbranched alkanes of at least 4 members (excludes halogenated alkanes) is 1. The van der Waals surface area contributed by atoms with Crippen LogP contribution in [0.25, 0.3) is 11.2 Å². The Balaban J connectivity index is 0.00000264. The molecular formula is C14H25Cl2N7O. The summed E-state index contributed by atoms with van der Waals surface area (Å²) in [5, 5.41) is 2.97. The summed E-state index contributed by atoms with van der Waals surface area (Å²) in [6.07, 6.45) is 6.05. The predicted molar refractivity (Wildman–Crippen MR) is 100.0 cm³/mol. The smallest absolute Gasteiger partial charge is 0.239 e. The van der Waals surface area contributed by atoms with Crippen LogP contribution in [0.3, 0.4) is 0 Å². The summed E-state index contributed by atoms with van der Waals surface area (Å²) in [6, 6.07) is 0.0263. The molecule has 2 aromatic rings. The van der Waals surface area contributed by atoms with Crippen molar-refractivity contribution in [2.75, 3.05) is 25.0 Å². The molecule has 2 heterocycles. The van der Waals surface area contributed by atoms with E-state index in [0.29, 0.717) is 18.0 Å². The fourth-order valence-corrected chi connectivity index (χ4v) is 2.30. The van der Waals surface area contributed by atoms with Gasteiger partial charge in [-0.1, -0.05) is 19.8 Å². The van der Waals surface area contributed by atoms with Crippen molar-refractivity contribution >= 4 is 47.7 Å². The highest BCUT2D eigenvalue weighted by Gasteiger charge is 2.15. The number of aromatic amines is 1. The number of fused-ring (bicyclic) bond motifs is 1. The Morgan fingerprint density at radius 2 is 2.12 bits per heavy atom. The van der Waals surface area contributed by atoms with E-state index in [-0.39, 0.29) is 43.3 Å². The second kappa shape index (κ2) is 11.0. The largest absolute Gasteiger partial charge is 0.351 e. The summed E-state index contributed by atoms with van der Waals surface area (Å²) in [4.78, 5) is 29.3. The molecule has 0 aliphatic heterocycles. The topological polar surface area (TPSA) is 113 Å². The third-order valence-electron chi connectivity index (χ3n) is 3.50. The molecule has 0 aliphatic rings. The minimum Gasteiger partial charge on any atom is -0.351 e. The van der Waals surface area contributed by atoms with Crippen LogP contribution in [0, 0.1) is 0 Å². The highest BCUT2D eigenvalue weighted by molar-refractivity contribution is 5.87. The molecule has 0 saturated heterocycles. The van der Waals surface area contributed by atoms with Crippen LogP contribution in [0.2, 0.25) is 0 Å². The van der Waals surface area contributed by atoms with Gasteiger partial charge in [0, 0.05) is 19.6 Å². The van der Waals surface area contributed by atoms with Crippen LogP contribution in [-0.2, 0) is 4.79 Å². The molecule has 0 radical (unpaired) electrons. The van der Waals surface area contributed by atoms with E-state index in [1.807, 2.05) is 7.05 Å². The number of nitrogens with zero attached hydrogens (tertiary/aromatic N) is 4. The third kappa shape index (κ3) is 5.77. The molecule has 2 rings (SSSR count). The summed E-state index contributed by atoms with van der Waals surface area (Å²) in [5.41, 5.74) is 7.01. The molecule has 1 atom stereocenters. The van der Waals surface area contributed by atoms with Crippen molar-refractivity contribution in [3.05, 3.63) is 12.7 Å². The first kappa shape index (κ1) is 22.4.